The number of carbonyl (C=O) groups excluding carboxylic acids is 1. The summed E-state index contributed by atoms with van der Waals surface area (Å²) in [6.07, 6.45) is 0. The van der Waals surface area contributed by atoms with Crippen molar-refractivity contribution in [1.82, 2.24) is 10.4 Å². The van der Waals surface area contributed by atoms with Crippen LogP contribution in [-0.4, -0.2) is 43.8 Å². The zero-order valence-corrected chi connectivity index (χ0v) is 11.5. The van der Waals surface area contributed by atoms with E-state index in [1.165, 1.54) is 0 Å². The Bertz CT molecular complexity index is 442. The van der Waals surface area contributed by atoms with E-state index in [1.54, 1.807) is 0 Å². The third kappa shape index (κ3) is 3.68. The molecule has 0 aliphatic carbocycles. The van der Waals surface area contributed by atoms with Gasteiger partial charge in [-0.1, -0.05) is 0 Å². The second kappa shape index (κ2) is 6.54. The summed E-state index contributed by atoms with van der Waals surface area (Å²) < 4.78 is 5.25. The van der Waals surface area contributed by atoms with Crippen LogP contribution in [0.2, 0.25) is 0 Å². The number of hydrazine groups is 1. The van der Waals surface area contributed by atoms with E-state index in [4.69, 9.17) is 4.74 Å². The van der Waals surface area contributed by atoms with E-state index in [1.807, 2.05) is 37.1 Å². The van der Waals surface area contributed by atoms with E-state index in [0.717, 1.165) is 30.9 Å². The molecule has 0 radical (unpaired) electrons. The largest absolute Gasteiger partial charge is 0.385 e. The summed E-state index contributed by atoms with van der Waals surface area (Å²) in [5, 5.41) is 5.14. The highest BCUT2D eigenvalue weighted by Crippen LogP contribution is 2.15. The topological polar surface area (TPSA) is 53.6 Å². The molecule has 5 nitrogen and oxygen atoms in total. The average Bonchev–Trinajstić information content (AvgIpc) is 2.40. The molecule has 0 bridgehead atoms. The van der Waals surface area contributed by atoms with Crippen molar-refractivity contribution in [3.8, 4) is 0 Å². The minimum Gasteiger partial charge on any atom is -0.385 e. The van der Waals surface area contributed by atoms with E-state index in [2.05, 4.69) is 10.7 Å². The standard InChI is InChI=1S/C14H21N3O2/c1-3-15-12-4-5-13(11(2)10-12)14(18)16-17-6-8-19-9-7-17/h4-5,10,15H,3,6-9H2,1-2H3,(H,16,18). The maximum Gasteiger partial charge on any atom is 0.265 e. The Hall–Kier alpha value is -1.59. The van der Waals surface area contributed by atoms with Gasteiger partial charge in [0.05, 0.1) is 13.2 Å². The number of hydrogen-bond acceptors (Lipinski definition) is 4. The molecule has 1 saturated heterocycles. The van der Waals surface area contributed by atoms with Gasteiger partial charge in [0.1, 0.15) is 0 Å². The molecule has 1 fully saturated rings. The van der Waals surface area contributed by atoms with Crippen LogP contribution in [-0.2, 0) is 4.74 Å². The van der Waals surface area contributed by atoms with Gasteiger partial charge in [-0.2, -0.15) is 0 Å². The summed E-state index contributed by atoms with van der Waals surface area (Å²) in [7, 11) is 0. The molecule has 0 atom stereocenters. The molecule has 1 amide bonds. The number of anilines is 1. The first-order valence-corrected chi connectivity index (χ1v) is 6.69. The molecule has 1 aliphatic heterocycles. The number of hydrogen-bond donors (Lipinski definition) is 2. The van der Waals surface area contributed by atoms with Crippen LogP contribution in [0.1, 0.15) is 22.8 Å². The van der Waals surface area contributed by atoms with Crippen LogP contribution in [0, 0.1) is 6.92 Å². The molecular formula is C14H21N3O2. The lowest BCUT2D eigenvalue weighted by Crippen LogP contribution is -2.48. The molecule has 2 N–H and O–H groups in total. The van der Waals surface area contributed by atoms with Crippen LogP contribution in [0.3, 0.4) is 0 Å². The van der Waals surface area contributed by atoms with Crippen molar-refractivity contribution in [2.24, 2.45) is 0 Å². The summed E-state index contributed by atoms with van der Waals surface area (Å²) in [5.41, 5.74) is 5.66. The molecule has 2 rings (SSSR count). The molecule has 0 aromatic heterocycles. The van der Waals surface area contributed by atoms with Crippen molar-refractivity contribution in [2.75, 3.05) is 38.2 Å². The molecule has 1 aliphatic rings. The van der Waals surface area contributed by atoms with Gasteiger partial charge in [-0.15, -0.1) is 0 Å². The maximum atomic E-state index is 12.2. The minimum atomic E-state index is -0.0533. The SMILES string of the molecule is CCNc1ccc(C(=O)NN2CCOCC2)c(C)c1. The van der Waals surface area contributed by atoms with Gasteiger partial charge in [0.25, 0.3) is 5.91 Å². The molecule has 1 aromatic rings. The first kappa shape index (κ1) is 13.8. The number of amides is 1. The number of nitrogens with one attached hydrogen (secondary N) is 2. The number of benzene rings is 1. The van der Waals surface area contributed by atoms with Gasteiger partial charge in [0, 0.05) is 30.9 Å². The van der Waals surface area contributed by atoms with Gasteiger partial charge in [0.15, 0.2) is 0 Å². The van der Waals surface area contributed by atoms with E-state index in [9.17, 15) is 4.79 Å². The number of carbonyl (C=O) groups is 1. The van der Waals surface area contributed by atoms with Crippen LogP contribution in [0.4, 0.5) is 5.69 Å². The Kier molecular flexibility index (Phi) is 4.76. The highest BCUT2D eigenvalue weighted by atomic mass is 16.5. The first-order chi connectivity index (χ1) is 9.20. The van der Waals surface area contributed by atoms with Crippen molar-refractivity contribution in [1.29, 1.82) is 0 Å². The van der Waals surface area contributed by atoms with Crippen molar-refractivity contribution < 1.29 is 9.53 Å². The molecule has 104 valence electrons. The lowest BCUT2D eigenvalue weighted by atomic mass is 10.1. The highest BCUT2D eigenvalue weighted by Gasteiger charge is 2.15. The van der Waals surface area contributed by atoms with Crippen molar-refractivity contribution in [2.45, 2.75) is 13.8 Å². The molecule has 1 heterocycles. The Morgan fingerprint density at radius 1 is 1.37 bits per heavy atom. The summed E-state index contributed by atoms with van der Waals surface area (Å²) in [4.78, 5) is 12.2. The zero-order chi connectivity index (χ0) is 13.7. The Labute approximate surface area is 113 Å². The highest BCUT2D eigenvalue weighted by molar-refractivity contribution is 5.95. The normalized spacial score (nSPS) is 16.1. The van der Waals surface area contributed by atoms with Gasteiger partial charge in [-0.05, 0) is 37.6 Å². The van der Waals surface area contributed by atoms with E-state index < -0.39 is 0 Å². The zero-order valence-electron chi connectivity index (χ0n) is 11.5. The fraction of sp³-hybridized carbons (Fsp3) is 0.500. The number of morpholine rings is 1. The Morgan fingerprint density at radius 3 is 2.74 bits per heavy atom. The van der Waals surface area contributed by atoms with Gasteiger partial charge < -0.3 is 10.1 Å². The van der Waals surface area contributed by atoms with Crippen molar-refractivity contribution in [3.63, 3.8) is 0 Å². The molecule has 0 unspecified atom stereocenters. The third-order valence-corrected chi connectivity index (χ3v) is 3.12. The molecular weight excluding hydrogens is 242 g/mol. The summed E-state index contributed by atoms with van der Waals surface area (Å²) in [6, 6.07) is 5.80. The fourth-order valence-corrected chi connectivity index (χ4v) is 2.11. The van der Waals surface area contributed by atoms with Crippen LogP contribution < -0.4 is 10.7 Å². The number of rotatable bonds is 4. The Balaban J connectivity index is 2.01. The second-order valence-electron chi connectivity index (χ2n) is 4.60. The van der Waals surface area contributed by atoms with Crippen LogP contribution in [0.15, 0.2) is 18.2 Å². The average molecular weight is 263 g/mol. The van der Waals surface area contributed by atoms with Crippen molar-refractivity contribution >= 4 is 11.6 Å². The summed E-state index contributed by atoms with van der Waals surface area (Å²) >= 11 is 0. The van der Waals surface area contributed by atoms with E-state index >= 15 is 0 Å². The van der Waals surface area contributed by atoms with Gasteiger partial charge >= 0.3 is 0 Å². The molecule has 19 heavy (non-hydrogen) atoms. The van der Waals surface area contributed by atoms with Crippen molar-refractivity contribution in [3.05, 3.63) is 29.3 Å². The van der Waals surface area contributed by atoms with Gasteiger partial charge in [-0.25, -0.2) is 5.01 Å². The number of aryl methyl sites for hydroxylation is 1. The lowest BCUT2D eigenvalue weighted by Gasteiger charge is -2.27. The predicted molar refractivity (Wildman–Crippen MR) is 75.2 cm³/mol. The van der Waals surface area contributed by atoms with E-state index in [0.29, 0.717) is 18.8 Å². The van der Waals surface area contributed by atoms with Crippen LogP contribution >= 0.6 is 0 Å². The molecule has 5 heteroatoms. The summed E-state index contributed by atoms with van der Waals surface area (Å²) in [5.74, 6) is -0.0533. The lowest BCUT2D eigenvalue weighted by molar-refractivity contribution is 0.0126. The van der Waals surface area contributed by atoms with E-state index in [-0.39, 0.29) is 5.91 Å². The Morgan fingerprint density at radius 2 is 2.11 bits per heavy atom. The van der Waals surface area contributed by atoms with Crippen LogP contribution in [0.25, 0.3) is 0 Å². The molecule has 0 saturated carbocycles. The second-order valence-corrected chi connectivity index (χ2v) is 4.60. The smallest absolute Gasteiger partial charge is 0.265 e. The van der Waals surface area contributed by atoms with Gasteiger partial charge in [-0.3, -0.25) is 10.2 Å². The fourth-order valence-electron chi connectivity index (χ4n) is 2.11. The molecule has 0 spiro atoms. The third-order valence-electron chi connectivity index (χ3n) is 3.12. The predicted octanol–water partition coefficient (Wildman–Crippen LogP) is 1.40. The summed E-state index contributed by atoms with van der Waals surface area (Å²) in [6.45, 7) is 7.68. The quantitative estimate of drug-likeness (QED) is 0.862. The number of nitrogens with zero attached hydrogens (tertiary/aromatic N) is 1. The maximum absolute atomic E-state index is 12.2. The number of ether oxygens (including phenoxy) is 1. The van der Waals surface area contributed by atoms with Crippen LogP contribution in [0.5, 0.6) is 0 Å². The first-order valence-electron chi connectivity index (χ1n) is 6.69. The monoisotopic (exact) mass is 263 g/mol. The van der Waals surface area contributed by atoms with Gasteiger partial charge in [0.2, 0.25) is 0 Å². The minimum absolute atomic E-state index is 0.0533. The molecule has 1 aromatic carbocycles.